The number of anilines is 1. The number of hydrogen-bond acceptors (Lipinski definition) is 4. The molecule has 1 fully saturated rings. The van der Waals surface area contributed by atoms with E-state index in [9.17, 15) is 4.79 Å². The highest BCUT2D eigenvalue weighted by Gasteiger charge is 2.23. The second-order valence-corrected chi connectivity index (χ2v) is 4.32. The van der Waals surface area contributed by atoms with Crippen LogP contribution in [-0.4, -0.2) is 42.4 Å². The molecular weight excluding hydrogens is 267 g/mol. The number of morpholine rings is 1. The Morgan fingerprint density at radius 3 is 2.65 bits per heavy atom. The molecule has 1 aromatic heterocycles. The maximum atomic E-state index is 11.2. The third-order valence-electron chi connectivity index (χ3n) is 2.45. The molecule has 7 heteroatoms. The van der Waals surface area contributed by atoms with E-state index < -0.39 is 5.97 Å². The predicted molar refractivity (Wildman–Crippen MR) is 64.2 cm³/mol. The average molecular weight is 277 g/mol. The van der Waals surface area contributed by atoms with Crippen molar-refractivity contribution in [2.24, 2.45) is 0 Å². The van der Waals surface area contributed by atoms with E-state index in [2.05, 4.69) is 4.98 Å². The molecular formula is C10H10Cl2N2O3. The topological polar surface area (TPSA) is 62.7 Å². The average Bonchev–Trinajstić information content (AvgIpc) is 2.28. The summed E-state index contributed by atoms with van der Waals surface area (Å²) in [6.07, 6.45) is 0. The van der Waals surface area contributed by atoms with E-state index in [0.717, 1.165) is 0 Å². The van der Waals surface area contributed by atoms with Crippen LogP contribution in [0.4, 0.5) is 5.82 Å². The second-order valence-electron chi connectivity index (χ2n) is 3.53. The van der Waals surface area contributed by atoms with Crippen molar-refractivity contribution in [2.75, 3.05) is 31.2 Å². The molecule has 2 rings (SSSR count). The zero-order valence-electron chi connectivity index (χ0n) is 8.82. The van der Waals surface area contributed by atoms with Crippen molar-refractivity contribution in [1.82, 2.24) is 4.98 Å². The Labute approximate surface area is 108 Å². The lowest BCUT2D eigenvalue weighted by Crippen LogP contribution is -2.37. The number of carboxylic acids is 1. The molecule has 1 saturated heterocycles. The molecule has 1 aromatic rings. The molecule has 0 atom stereocenters. The molecule has 1 N–H and O–H groups in total. The molecule has 17 heavy (non-hydrogen) atoms. The van der Waals surface area contributed by atoms with Crippen molar-refractivity contribution in [3.63, 3.8) is 0 Å². The minimum absolute atomic E-state index is 0.0158. The molecule has 0 amide bonds. The van der Waals surface area contributed by atoms with Crippen molar-refractivity contribution >= 4 is 35.0 Å². The van der Waals surface area contributed by atoms with E-state index in [4.69, 9.17) is 33.0 Å². The van der Waals surface area contributed by atoms with Gasteiger partial charge < -0.3 is 14.7 Å². The lowest BCUT2D eigenvalue weighted by atomic mass is 10.2. The minimum atomic E-state index is -1.11. The standard InChI is InChI=1S/C10H10Cl2N2O3/c11-6-5-7(12)13-9(8(6)10(15)16)14-1-3-17-4-2-14/h5H,1-4H2,(H,15,16). The second kappa shape index (κ2) is 5.08. The zero-order valence-corrected chi connectivity index (χ0v) is 10.3. The van der Waals surface area contributed by atoms with Crippen LogP contribution in [0.2, 0.25) is 10.2 Å². The Kier molecular flexibility index (Phi) is 3.71. The van der Waals surface area contributed by atoms with Crippen LogP contribution in [0.15, 0.2) is 6.07 Å². The Morgan fingerprint density at radius 2 is 2.06 bits per heavy atom. The zero-order chi connectivity index (χ0) is 12.4. The summed E-state index contributed by atoms with van der Waals surface area (Å²) in [5.41, 5.74) is -0.0158. The Bertz CT molecular complexity index is 447. The summed E-state index contributed by atoms with van der Waals surface area (Å²) in [5, 5.41) is 9.42. The van der Waals surface area contributed by atoms with Crippen LogP contribution in [0.25, 0.3) is 0 Å². The number of hydrogen-bond donors (Lipinski definition) is 1. The van der Waals surface area contributed by atoms with Gasteiger partial charge in [0.2, 0.25) is 0 Å². The lowest BCUT2D eigenvalue weighted by Gasteiger charge is -2.29. The van der Waals surface area contributed by atoms with Crippen LogP contribution < -0.4 is 4.90 Å². The van der Waals surface area contributed by atoms with Crippen molar-refractivity contribution < 1.29 is 14.6 Å². The van der Waals surface area contributed by atoms with Crippen LogP contribution in [-0.2, 0) is 4.74 Å². The molecule has 0 bridgehead atoms. The molecule has 1 aliphatic rings. The van der Waals surface area contributed by atoms with Crippen molar-refractivity contribution in [2.45, 2.75) is 0 Å². The van der Waals surface area contributed by atoms with Gasteiger partial charge in [0.1, 0.15) is 16.5 Å². The summed E-state index contributed by atoms with van der Waals surface area (Å²) >= 11 is 11.7. The van der Waals surface area contributed by atoms with Gasteiger partial charge in [-0.15, -0.1) is 0 Å². The van der Waals surface area contributed by atoms with Gasteiger partial charge >= 0.3 is 5.97 Å². The van der Waals surface area contributed by atoms with Crippen LogP contribution in [0, 0.1) is 0 Å². The fraction of sp³-hybridized carbons (Fsp3) is 0.400. The monoisotopic (exact) mass is 276 g/mol. The molecule has 0 spiro atoms. The first-order valence-electron chi connectivity index (χ1n) is 5.01. The molecule has 0 aliphatic carbocycles. The lowest BCUT2D eigenvalue weighted by molar-refractivity contribution is 0.0696. The molecule has 0 saturated carbocycles. The van der Waals surface area contributed by atoms with Crippen molar-refractivity contribution in [3.8, 4) is 0 Å². The van der Waals surface area contributed by atoms with Crippen LogP contribution in [0.3, 0.4) is 0 Å². The van der Waals surface area contributed by atoms with Gasteiger partial charge in [0.05, 0.1) is 18.2 Å². The predicted octanol–water partition coefficient (Wildman–Crippen LogP) is 1.92. The van der Waals surface area contributed by atoms with Crippen LogP contribution in [0.1, 0.15) is 10.4 Å². The molecule has 92 valence electrons. The quantitative estimate of drug-likeness (QED) is 0.837. The van der Waals surface area contributed by atoms with E-state index in [-0.39, 0.29) is 15.7 Å². The van der Waals surface area contributed by atoms with Gasteiger partial charge in [-0.2, -0.15) is 0 Å². The van der Waals surface area contributed by atoms with Crippen molar-refractivity contribution in [3.05, 3.63) is 21.8 Å². The maximum Gasteiger partial charge on any atom is 0.341 e. The highest BCUT2D eigenvalue weighted by Crippen LogP contribution is 2.29. The van der Waals surface area contributed by atoms with E-state index in [1.54, 1.807) is 0 Å². The highest BCUT2D eigenvalue weighted by molar-refractivity contribution is 6.36. The molecule has 5 nitrogen and oxygen atoms in total. The largest absolute Gasteiger partial charge is 0.478 e. The van der Waals surface area contributed by atoms with Gasteiger partial charge in [-0.05, 0) is 6.07 Å². The fourth-order valence-corrected chi connectivity index (χ4v) is 2.19. The number of nitrogens with zero attached hydrogens (tertiary/aromatic N) is 2. The summed E-state index contributed by atoms with van der Waals surface area (Å²) in [4.78, 5) is 17.0. The fourth-order valence-electron chi connectivity index (χ4n) is 1.67. The van der Waals surface area contributed by atoms with E-state index in [1.807, 2.05) is 4.90 Å². The van der Waals surface area contributed by atoms with Gasteiger partial charge in [-0.3, -0.25) is 0 Å². The Morgan fingerprint density at radius 1 is 1.41 bits per heavy atom. The summed E-state index contributed by atoms with van der Waals surface area (Å²) in [6.45, 7) is 2.21. The highest BCUT2D eigenvalue weighted by atomic mass is 35.5. The SMILES string of the molecule is O=C(O)c1c(Cl)cc(Cl)nc1N1CCOCC1. The number of aromatic nitrogens is 1. The number of aromatic carboxylic acids is 1. The van der Waals surface area contributed by atoms with E-state index >= 15 is 0 Å². The first-order valence-corrected chi connectivity index (χ1v) is 5.77. The van der Waals surface area contributed by atoms with Gasteiger partial charge in [-0.25, -0.2) is 9.78 Å². The van der Waals surface area contributed by atoms with Gasteiger partial charge in [0.15, 0.2) is 0 Å². The molecule has 0 aromatic carbocycles. The first kappa shape index (κ1) is 12.4. The summed E-state index contributed by atoms with van der Waals surface area (Å²) in [5.74, 6) is -0.807. The number of ether oxygens (including phenoxy) is 1. The first-order chi connectivity index (χ1) is 8.09. The smallest absolute Gasteiger partial charge is 0.341 e. The number of halogens is 2. The third-order valence-corrected chi connectivity index (χ3v) is 2.94. The van der Waals surface area contributed by atoms with Gasteiger partial charge in [0.25, 0.3) is 0 Å². The number of carboxylic acid groups (broad SMARTS) is 1. The number of rotatable bonds is 2. The summed E-state index contributed by atoms with van der Waals surface area (Å²) < 4.78 is 5.20. The van der Waals surface area contributed by atoms with Crippen molar-refractivity contribution in [1.29, 1.82) is 0 Å². The normalized spacial score (nSPS) is 16.0. The molecule has 1 aliphatic heterocycles. The molecule has 2 heterocycles. The minimum Gasteiger partial charge on any atom is -0.478 e. The van der Waals surface area contributed by atoms with E-state index in [0.29, 0.717) is 32.1 Å². The maximum absolute atomic E-state index is 11.2. The molecule has 0 radical (unpaired) electrons. The van der Waals surface area contributed by atoms with Gasteiger partial charge in [0, 0.05) is 13.1 Å². The summed E-state index contributed by atoms with van der Waals surface area (Å²) in [6, 6.07) is 1.33. The Hall–Kier alpha value is -1.04. The number of carbonyl (C=O) groups is 1. The molecule has 0 unspecified atom stereocenters. The Balaban J connectivity index is 2.46. The van der Waals surface area contributed by atoms with E-state index in [1.165, 1.54) is 6.07 Å². The number of pyridine rings is 1. The van der Waals surface area contributed by atoms with Crippen LogP contribution in [0.5, 0.6) is 0 Å². The van der Waals surface area contributed by atoms with Crippen LogP contribution >= 0.6 is 23.2 Å². The van der Waals surface area contributed by atoms with Gasteiger partial charge in [-0.1, -0.05) is 23.2 Å². The third kappa shape index (κ3) is 2.62. The summed E-state index contributed by atoms with van der Waals surface area (Å²) in [7, 11) is 0.